The van der Waals surface area contributed by atoms with Crippen molar-refractivity contribution in [1.29, 1.82) is 0 Å². The first-order valence-electron chi connectivity index (χ1n) is 9.23. The number of aromatic amines is 1. The van der Waals surface area contributed by atoms with E-state index in [4.69, 9.17) is 0 Å². The van der Waals surface area contributed by atoms with Crippen LogP contribution < -0.4 is 5.56 Å². The van der Waals surface area contributed by atoms with Gasteiger partial charge >= 0.3 is 0 Å². The van der Waals surface area contributed by atoms with Crippen LogP contribution in [0, 0.1) is 0 Å². The van der Waals surface area contributed by atoms with Gasteiger partial charge in [0.2, 0.25) is 5.91 Å². The molecule has 0 saturated heterocycles. The summed E-state index contributed by atoms with van der Waals surface area (Å²) < 4.78 is 0. The molecule has 0 bridgehead atoms. The first kappa shape index (κ1) is 18.8. The maximum atomic E-state index is 12.6. The Bertz CT molecular complexity index is 993. The van der Waals surface area contributed by atoms with Crippen LogP contribution in [0.15, 0.2) is 53.6 Å². The Kier molecular flexibility index (Phi) is 5.69. The molecule has 2 aromatic heterocycles. The van der Waals surface area contributed by atoms with Gasteiger partial charge in [0, 0.05) is 37.1 Å². The minimum atomic E-state index is -0.0443. The third kappa shape index (κ3) is 4.61. The molecule has 0 atom stereocenters. The molecule has 3 rings (SSSR count). The maximum absolute atomic E-state index is 12.6. The van der Waals surface area contributed by atoms with E-state index in [1.54, 1.807) is 17.3 Å². The molecule has 140 valence electrons. The minimum absolute atomic E-state index is 0.0443. The number of benzene rings is 1. The molecular formula is C22H25N3O2. The molecule has 1 amide bonds. The summed E-state index contributed by atoms with van der Waals surface area (Å²) >= 11 is 0. The van der Waals surface area contributed by atoms with Gasteiger partial charge in [-0.25, -0.2) is 0 Å². The number of fused-ring (bicyclic) bond motifs is 1. The van der Waals surface area contributed by atoms with E-state index >= 15 is 0 Å². The zero-order valence-electron chi connectivity index (χ0n) is 16.0. The number of aromatic nitrogens is 2. The van der Waals surface area contributed by atoms with Crippen LogP contribution in [0.3, 0.4) is 0 Å². The first-order valence-corrected chi connectivity index (χ1v) is 9.23. The fraction of sp³-hybridized carbons (Fsp3) is 0.318. The molecule has 27 heavy (non-hydrogen) atoms. The van der Waals surface area contributed by atoms with Crippen molar-refractivity contribution >= 4 is 16.8 Å². The van der Waals surface area contributed by atoms with E-state index < -0.39 is 0 Å². The highest BCUT2D eigenvalue weighted by Crippen LogP contribution is 2.18. The van der Waals surface area contributed by atoms with Crippen molar-refractivity contribution in [2.75, 3.05) is 13.6 Å². The molecule has 0 fully saturated rings. The molecule has 0 spiro atoms. The molecule has 0 aliphatic rings. The van der Waals surface area contributed by atoms with Crippen LogP contribution >= 0.6 is 0 Å². The Hall–Kier alpha value is -2.95. The summed E-state index contributed by atoms with van der Waals surface area (Å²) in [5, 5.41) is 0.961. The largest absolute Gasteiger partial charge is 0.345 e. The third-order valence-corrected chi connectivity index (χ3v) is 4.83. The maximum Gasteiger partial charge on any atom is 0.251 e. The predicted molar refractivity (Wildman–Crippen MR) is 108 cm³/mol. The lowest BCUT2D eigenvalue weighted by molar-refractivity contribution is -0.129. The van der Waals surface area contributed by atoms with Crippen LogP contribution in [-0.2, 0) is 17.6 Å². The van der Waals surface area contributed by atoms with E-state index in [0.29, 0.717) is 13.0 Å². The van der Waals surface area contributed by atoms with Gasteiger partial charge in [0.25, 0.3) is 5.56 Å². The molecule has 0 aliphatic heterocycles. The van der Waals surface area contributed by atoms with Gasteiger partial charge in [0.15, 0.2) is 0 Å². The van der Waals surface area contributed by atoms with Crippen LogP contribution in [0.25, 0.3) is 10.9 Å². The van der Waals surface area contributed by atoms with Gasteiger partial charge in [-0.05, 0) is 59.2 Å². The smallest absolute Gasteiger partial charge is 0.251 e. The number of nitrogens with zero attached hydrogens (tertiary/aromatic N) is 2. The Morgan fingerprint density at radius 3 is 2.56 bits per heavy atom. The van der Waals surface area contributed by atoms with Crippen LogP contribution in [-0.4, -0.2) is 34.4 Å². The fourth-order valence-corrected chi connectivity index (χ4v) is 3.09. The van der Waals surface area contributed by atoms with Crippen molar-refractivity contribution < 1.29 is 4.79 Å². The lowest BCUT2D eigenvalue weighted by atomic mass is 10.0. The van der Waals surface area contributed by atoms with Gasteiger partial charge in [-0.15, -0.1) is 0 Å². The topological polar surface area (TPSA) is 66.1 Å². The quantitative estimate of drug-likeness (QED) is 0.731. The molecule has 0 saturated carbocycles. The summed E-state index contributed by atoms with van der Waals surface area (Å²) in [6.45, 7) is 4.67. The average molecular weight is 363 g/mol. The molecule has 0 radical (unpaired) electrons. The standard InChI is InChI=1S/C22H25N3O2/c1-15(2)19-14-18-12-17(4-5-20(18)24-22(19)27)13-21(26)25(3)11-8-16-6-9-23-10-7-16/h4-7,9-10,12,14-15H,8,11,13H2,1-3H3,(H,24,27). The van der Waals surface area contributed by atoms with Crippen LogP contribution in [0.4, 0.5) is 0 Å². The van der Waals surface area contributed by atoms with E-state index in [0.717, 1.165) is 28.5 Å². The number of H-pyrrole nitrogens is 1. The van der Waals surface area contributed by atoms with Crippen LogP contribution in [0.1, 0.15) is 36.5 Å². The Morgan fingerprint density at radius 1 is 1.11 bits per heavy atom. The second kappa shape index (κ2) is 8.16. The Morgan fingerprint density at radius 2 is 1.85 bits per heavy atom. The van der Waals surface area contributed by atoms with Gasteiger partial charge in [-0.2, -0.15) is 0 Å². The van der Waals surface area contributed by atoms with Crippen molar-refractivity contribution in [2.45, 2.75) is 32.6 Å². The second-order valence-electron chi connectivity index (χ2n) is 7.23. The molecular weight excluding hydrogens is 338 g/mol. The Balaban J connectivity index is 1.70. The van der Waals surface area contributed by atoms with E-state index in [2.05, 4.69) is 9.97 Å². The predicted octanol–water partition coefficient (Wildman–Crippen LogP) is 3.29. The highest BCUT2D eigenvalue weighted by molar-refractivity contribution is 5.83. The number of rotatable bonds is 6. The summed E-state index contributed by atoms with van der Waals surface area (Å²) in [5.74, 6) is 0.236. The highest BCUT2D eigenvalue weighted by atomic mass is 16.2. The number of pyridine rings is 2. The second-order valence-corrected chi connectivity index (χ2v) is 7.23. The highest BCUT2D eigenvalue weighted by Gasteiger charge is 2.12. The van der Waals surface area contributed by atoms with Gasteiger partial charge in [0.05, 0.1) is 6.42 Å². The monoisotopic (exact) mass is 363 g/mol. The van der Waals surface area contributed by atoms with E-state index in [-0.39, 0.29) is 17.4 Å². The van der Waals surface area contributed by atoms with Crippen molar-refractivity contribution in [3.63, 3.8) is 0 Å². The molecule has 1 aromatic carbocycles. The van der Waals surface area contributed by atoms with Crippen LogP contribution in [0.2, 0.25) is 0 Å². The zero-order chi connectivity index (χ0) is 19.4. The fourth-order valence-electron chi connectivity index (χ4n) is 3.09. The van der Waals surface area contributed by atoms with Crippen molar-refractivity contribution in [3.8, 4) is 0 Å². The van der Waals surface area contributed by atoms with Gasteiger partial charge in [-0.3, -0.25) is 14.6 Å². The van der Waals surface area contributed by atoms with E-state index in [1.165, 1.54) is 5.56 Å². The SMILES string of the molecule is CC(C)c1cc2cc(CC(=O)N(C)CCc3ccncc3)ccc2[nH]c1=O. The third-order valence-electron chi connectivity index (χ3n) is 4.83. The molecule has 2 heterocycles. The molecule has 0 unspecified atom stereocenters. The molecule has 5 heteroatoms. The van der Waals surface area contributed by atoms with Gasteiger partial charge < -0.3 is 9.88 Å². The van der Waals surface area contributed by atoms with Crippen molar-refractivity contribution in [1.82, 2.24) is 14.9 Å². The normalized spacial score (nSPS) is 11.1. The lowest BCUT2D eigenvalue weighted by Crippen LogP contribution is -2.30. The van der Waals surface area contributed by atoms with E-state index in [9.17, 15) is 9.59 Å². The number of amides is 1. The summed E-state index contributed by atoms with van der Waals surface area (Å²) in [7, 11) is 1.83. The number of likely N-dealkylation sites (N-methyl/N-ethyl adjacent to an activating group) is 1. The first-order chi connectivity index (χ1) is 12.9. The number of carbonyl (C=O) groups excluding carboxylic acids is 1. The summed E-state index contributed by atoms with van der Waals surface area (Å²) in [6, 6.07) is 11.6. The van der Waals surface area contributed by atoms with Crippen molar-refractivity contribution in [2.24, 2.45) is 0 Å². The summed E-state index contributed by atoms with van der Waals surface area (Å²) in [4.78, 5) is 33.3. The molecule has 1 N–H and O–H groups in total. The summed E-state index contributed by atoms with van der Waals surface area (Å²) in [5.41, 5.74) is 3.63. The van der Waals surface area contributed by atoms with Crippen molar-refractivity contribution in [3.05, 3.63) is 75.8 Å². The zero-order valence-corrected chi connectivity index (χ0v) is 16.0. The number of hydrogen-bond donors (Lipinski definition) is 1. The molecule has 0 aliphatic carbocycles. The molecule has 3 aromatic rings. The van der Waals surface area contributed by atoms with Gasteiger partial charge in [0.1, 0.15) is 0 Å². The van der Waals surface area contributed by atoms with Crippen LogP contribution in [0.5, 0.6) is 0 Å². The van der Waals surface area contributed by atoms with E-state index in [1.807, 2.05) is 57.3 Å². The minimum Gasteiger partial charge on any atom is -0.345 e. The summed E-state index contributed by atoms with van der Waals surface area (Å²) in [6.07, 6.45) is 4.68. The molecule has 5 nitrogen and oxygen atoms in total. The number of hydrogen-bond acceptors (Lipinski definition) is 3. The number of nitrogens with one attached hydrogen (secondary N) is 1. The van der Waals surface area contributed by atoms with Gasteiger partial charge in [-0.1, -0.05) is 19.9 Å². The Labute approximate surface area is 159 Å². The lowest BCUT2D eigenvalue weighted by Gasteiger charge is -2.17. The number of carbonyl (C=O) groups is 1. The average Bonchev–Trinajstić information content (AvgIpc) is 2.66.